The van der Waals surface area contributed by atoms with Crippen LogP contribution in [-0.4, -0.2) is 23.0 Å². The maximum absolute atomic E-state index is 11.1. The first-order chi connectivity index (χ1) is 11.9. The van der Waals surface area contributed by atoms with Crippen molar-refractivity contribution in [1.29, 1.82) is 0 Å². The van der Waals surface area contributed by atoms with E-state index in [1.54, 1.807) is 24.3 Å². The molecule has 0 aliphatic rings. The van der Waals surface area contributed by atoms with Crippen LogP contribution in [0.3, 0.4) is 0 Å². The highest BCUT2D eigenvalue weighted by Gasteiger charge is 2.19. The van der Waals surface area contributed by atoms with Crippen LogP contribution in [0.25, 0.3) is 0 Å². The molecule has 0 aromatic heterocycles. The van der Waals surface area contributed by atoms with Gasteiger partial charge in [0.2, 0.25) is 0 Å². The summed E-state index contributed by atoms with van der Waals surface area (Å²) in [5, 5.41) is 27.2. The molecule has 0 fully saturated rings. The molecule has 2 aromatic carbocycles. The molecule has 0 radical (unpaired) electrons. The first-order valence-electron chi connectivity index (χ1n) is 7.01. The number of amides is 1. The average Bonchev–Trinajstić information content (AvgIpc) is 2.60. The van der Waals surface area contributed by atoms with E-state index >= 15 is 0 Å². The van der Waals surface area contributed by atoms with Crippen LogP contribution in [-0.2, 0) is 11.3 Å². The zero-order valence-electron chi connectivity index (χ0n) is 13.1. The molecule has 0 aliphatic heterocycles. The number of methoxy groups -OCH3 is 1. The van der Waals surface area contributed by atoms with E-state index in [0.29, 0.717) is 5.69 Å². The van der Waals surface area contributed by atoms with Crippen molar-refractivity contribution in [1.82, 2.24) is 0 Å². The fraction of sp³-hybridized carbons (Fsp3) is 0.133. The van der Waals surface area contributed by atoms with E-state index in [-0.39, 0.29) is 23.6 Å². The number of carbonyl (C=O) groups is 1. The lowest BCUT2D eigenvalue weighted by Crippen LogP contribution is -2.10. The van der Waals surface area contributed by atoms with E-state index < -0.39 is 15.9 Å². The highest BCUT2D eigenvalue weighted by Crippen LogP contribution is 2.29. The van der Waals surface area contributed by atoms with Crippen molar-refractivity contribution in [2.24, 2.45) is 0 Å². The van der Waals surface area contributed by atoms with E-state index in [2.05, 4.69) is 15.4 Å². The van der Waals surface area contributed by atoms with Crippen LogP contribution >= 0.6 is 0 Å². The maximum Gasteiger partial charge on any atom is 0.411 e. The normalized spacial score (nSPS) is 9.96. The largest absolute Gasteiger partial charge is 0.453 e. The minimum absolute atomic E-state index is 0.173. The van der Waals surface area contributed by atoms with Crippen LogP contribution in [0.2, 0.25) is 0 Å². The van der Waals surface area contributed by atoms with E-state index in [4.69, 9.17) is 0 Å². The first-order valence-corrected chi connectivity index (χ1v) is 7.01. The number of nitrogens with one attached hydrogen (secondary N) is 2. The van der Waals surface area contributed by atoms with Gasteiger partial charge < -0.3 is 10.1 Å². The minimum atomic E-state index is -0.691. The van der Waals surface area contributed by atoms with Crippen molar-refractivity contribution in [3.63, 3.8) is 0 Å². The summed E-state index contributed by atoms with van der Waals surface area (Å²) in [7, 11) is 1.25. The number of hydrogen-bond acceptors (Lipinski definition) is 7. The van der Waals surface area contributed by atoms with Gasteiger partial charge in [-0.05, 0) is 23.8 Å². The Kier molecular flexibility index (Phi) is 5.46. The van der Waals surface area contributed by atoms with Crippen molar-refractivity contribution >= 4 is 28.8 Å². The second kappa shape index (κ2) is 7.73. The molecule has 0 saturated carbocycles. The Hall–Kier alpha value is -3.69. The van der Waals surface area contributed by atoms with Crippen LogP contribution in [0, 0.1) is 20.2 Å². The average molecular weight is 346 g/mol. The summed E-state index contributed by atoms with van der Waals surface area (Å²) >= 11 is 0. The van der Waals surface area contributed by atoms with Crippen molar-refractivity contribution in [3.8, 4) is 0 Å². The molecular weight excluding hydrogens is 332 g/mol. The molecule has 10 heteroatoms. The summed E-state index contributed by atoms with van der Waals surface area (Å²) in [6.07, 6.45) is -0.590. The number of carbonyl (C=O) groups excluding carboxylic acids is 1. The Morgan fingerprint density at radius 1 is 1.08 bits per heavy atom. The van der Waals surface area contributed by atoms with Crippen LogP contribution in [0.1, 0.15) is 5.56 Å². The van der Waals surface area contributed by atoms with Gasteiger partial charge in [0.15, 0.2) is 0 Å². The lowest BCUT2D eigenvalue weighted by Gasteiger charge is -2.08. The smallest absolute Gasteiger partial charge is 0.411 e. The quantitative estimate of drug-likeness (QED) is 0.604. The molecule has 130 valence electrons. The third-order valence-electron chi connectivity index (χ3n) is 3.26. The van der Waals surface area contributed by atoms with Gasteiger partial charge in [0.1, 0.15) is 5.69 Å². The highest BCUT2D eigenvalue weighted by atomic mass is 16.6. The number of anilines is 2. The Morgan fingerprint density at radius 2 is 1.76 bits per heavy atom. The molecule has 0 saturated heterocycles. The summed E-state index contributed by atoms with van der Waals surface area (Å²) in [4.78, 5) is 31.5. The number of nitro groups is 2. The summed E-state index contributed by atoms with van der Waals surface area (Å²) in [5.74, 6) is 0. The molecule has 0 heterocycles. The fourth-order valence-corrected chi connectivity index (χ4v) is 2.01. The number of hydrogen-bond donors (Lipinski definition) is 2. The van der Waals surface area contributed by atoms with E-state index in [0.717, 1.165) is 11.6 Å². The van der Waals surface area contributed by atoms with Gasteiger partial charge in [0.05, 0.1) is 23.0 Å². The van der Waals surface area contributed by atoms with Gasteiger partial charge in [-0.15, -0.1) is 0 Å². The summed E-state index contributed by atoms with van der Waals surface area (Å²) in [6, 6.07) is 10.1. The molecule has 25 heavy (non-hydrogen) atoms. The monoisotopic (exact) mass is 346 g/mol. The number of benzene rings is 2. The van der Waals surface area contributed by atoms with Crippen LogP contribution in [0.15, 0.2) is 42.5 Å². The van der Waals surface area contributed by atoms with Gasteiger partial charge in [-0.1, -0.05) is 12.1 Å². The SMILES string of the molecule is COC(=O)Nc1ccc(CNc2ccc([N+](=O)[O-])cc2[N+](=O)[O-])cc1. The number of nitrogens with zero attached hydrogens (tertiary/aromatic N) is 2. The van der Waals surface area contributed by atoms with E-state index in [1.165, 1.54) is 19.2 Å². The van der Waals surface area contributed by atoms with Crippen molar-refractivity contribution in [2.45, 2.75) is 6.54 Å². The zero-order chi connectivity index (χ0) is 18.4. The second-order valence-corrected chi connectivity index (χ2v) is 4.88. The van der Waals surface area contributed by atoms with Crippen molar-refractivity contribution in [3.05, 3.63) is 68.3 Å². The molecule has 0 atom stereocenters. The predicted octanol–water partition coefficient (Wildman–Crippen LogP) is 3.29. The number of ether oxygens (including phenoxy) is 1. The number of rotatable bonds is 6. The standard InChI is InChI=1S/C15H14N4O6/c1-25-15(20)17-11-4-2-10(3-5-11)9-16-13-7-6-12(18(21)22)8-14(13)19(23)24/h2-8,16H,9H2,1H3,(H,17,20). The van der Waals surface area contributed by atoms with Crippen molar-refractivity contribution < 1.29 is 19.4 Å². The third kappa shape index (κ3) is 4.64. The minimum Gasteiger partial charge on any atom is -0.453 e. The molecular formula is C15H14N4O6. The topological polar surface area (TPSA) is 137 Å². The highest BCUT2D eigenvalue weighted by molar-refractivity contribution is 5.84. The predicted molar refractivity (Wildman–Crippen MR) is 89.5 cm³/mol. The molecule has 0 unspecified atom stereocenters. The summed E-state index contributed by atoms with van der Waals surface area (Å²) < 4.78 is 4.48. The molecule has 0 bridgehead atoms. The van der Waals surface area contributed by atoms with Gasteiger partial charge in [0.25, 0.3) is 11.4 Å². The maximum atomic E-state index is 11.1. The fourth-order valence-electron chi connectivity index (χ4n) is 2.01. The number of non-ortho nitro benzene ring substituents is 1. The van der Waals surface area contributed by atoms with Crippen molar-refractivity contribution in [2.75, 3.05) is 17.7 Å². The zero-order valence-corrected chi connectivity index (χ0v) is 13.1. The van der Waals surface area contributed by atoms with E-state index in [1.807, 2.05) is 0 Å². The molecule has 10 nitrogen and oxygen atoms in total. The van der Waals surface area contributed by atoms with Crippen LogP contribution in [0.5, 0.6) is 0 Å². The Bertz CT molecular complexity index is 806. The summed E-state index contributed by atoms with van der Waals surface area (Å²) in [6.45, 7) is 0.261. The van der Waals surface area contributed by atoms with Gasteiger partial charge in [0, 0.05) is 18.3 Å². The van der Waals surface area contributed by atoms with E-state index in [9.17, 15) is 25.0 Å². The van der Waals surface area contributed by atoms with Crippen LogP contribution in [0.4, 0.5) is 27.5 Å². The molecule has 0 aliphatic carbocycles. The molecule has 2 aromatic rings. The Morgan fingerprint density at radius 3 is 2.32 bits per heavy atom. The number of nitro benzene ring substituents is 2. The Balaban J connectivity index is 2.09. The summed E-state index contributed by atoms with van der Waals surface area (Å²) in [5.41, 5.74) is 0.779. The van der Waals surface area contributed by atoms with Gasteiger partial charge >= 0.3 is 6.09 Å². The molecule has 2 rings (SSSR count). The Labute approximate surface area is 141 Å². The van der Waals surface area contributed by atoms with Crippen LogP contribution < -0.4 is 10.6 Å². The first kappa shape index (κ1) is 17.7. The lowest BCUT2D eigenvalue weighted by atomic mass is 10.2. The second-order valence-electron chi connectivity index (χ2n) is 4.88. The third-order valence-corrected chi connectivity index (χ3v) is 3.26. The molecule has 1 amide bonds. The molecule has 2 N–H and O–H groups in total. The van der Waals surface area contributed by atoms with Gasteiger partial charge in [-0.3, -0.25) is 25.5 Å². The lowest BCUT2D eigenvalue weighted by molar-refractivity contribution is -0.393. The van der Waals surface area contributed by atoms with Gasteiger partial charge in [-0.25, -0.2) is 4.79 Å². The molecule has 0 spiro atoms. The van der Waals surface area contributed by atoms with Gasteiger partial charge in [-0.2, -0.15) is 0 Å².